The molecule has 0 aliphatic rings. The van der Waals surface area contributed by atoms with Crippen LogP contribution < -0.4 is 5.32 Å². The molecule has 0 radical (unpaired) electrons. The van der Waals surface area contributed by atoms with Crippen molar-refractivity contribution < 1.29 is 9.90 Å². The van der Waals surface area contributed by atoms with Crippen molar-refractivity contribution in [3.8, 4) is 11.8 Å². The lowest BCUT2D eigenvalue weighted by Crippen LogP contribution is -2.11. The molecule has 1 amide bonds. The van der Waals surface area contributed by atoms with Crippen LogP contribution >= 0.6 is 11.3 Å². The summed E-state index contributed by atoms with van der Waals surface area (Å²) in [5, 5.41) is 11.6. The lowest BCUT2D eigenvalue weighted by Gasteiger charge is -2.07. The predicted molar refractivity (Wildman–Crippen MR) is 86.9 cm³/mol. The molecular formula is C17H17NO2S. The molecule has 4 heteroatoms. The molecule has 2 N–H and O–H groups in total. The molecule has 0 saturated carbocycles. The van der Waals surface area contributed by atoms with Crippen molar-refractivity contribution in [2.24, 2.45) is 0 Å². The highest BCUT2D eigenvalue weighted by molar-refractivity contribution is 7.14. The molecule has 0 aliphatic carbocycles. The number of thiophene rings is 1. The molecule has 108 valence electrons. The molecule has 0 aliphatic heterocycles. The number of hydrogen-bond donors (Lipinski definition) is 2. The van der Waals surface area contributed by atoms with E-state index < -0.39 is 0 Å². The van der Waals surface area contributed by atoms with Gasteiger partial charge in [0.1, 0.15) is 6.61 Å². The van der Waals surface area contributed by atoms with E-state index in [-0.39, 0.29) is 12.5 Å². The van der Waals surface area contributed by atoms with Gasteiger partial charge in [0.15, 0.2) is 0 Å². The molecule has 1 aromatic carbocycles. The Hall–Kier alpha value is -2.09. The van der Waals surface area contributed by atoms with Crippen LogP contribution in [0.4, 0.5) is 5.69 Å². The van der Waals surface area contributed by atoms with Gasteiger partial charge in [-0.05, 0) is 56.2 Å². The van der Waals surface area contributed by atoms with E-state index in [0.29, 0.717) is 4.88 Å². The van der Waals surface area contributed by atoms with E-state index in [1.165, 1.54) is 11.3 Å². The third-order valence-corrected chi connectivity index (χ3v) is 4.33. The Bertz CT molecular complexity index is 715. The second-order valence-corrected chi connectivity index (χ2v) is 6.05. The van der Waals surface area contributed by atoms with E-state index in [4.69, 9.17) is 5.11 Å². The summed E-state index contributed by atoms with van der Waals surface area (Å²) in [5.41, 5.74) is 3.68. The minimum absolute atomic E-state index is 0.0894. The minimum atomic E-state index is -0.158. The van der Waals surface area contributed by atoms with Crippen LogP contribution in [-0.4, -0.2) is 17.6 Å². The fraction of sp³-hybridized carbons (Fsp3) is 0.235. The van der Waals surface area contributed by atoms with Gasteiger partial charge in [-0.2, -0.15) is 0 Å². The molecule has 21 heavy (non-hydrogen) atoms. The van der Waals surface area contributed by atoms with Gasteiger partial charge in [-0.3, -0.25) is 4.79 Å². The van der Waals surface area contributed by atoms with Crippen LogP contribution in [0.25, 0.3) is 0 Å². The van der Waals surface area contributed by atoms with E-state index in [1.807, 2.05) is 45.0 Å². The number of aliphatic hydroxyl groups is 1. The summed E-state index contributed by atoms with van der Waals surface area (Å²) in [6.45, 7) is 5.78. The van der Waals surface area contributed by atoms with E-state index in [1.54, 1.807) is 0 Å². The number of amides is 1. The van der Waals surface area contributed by atoms with Crippen LogP contribution in [0.2, 0.25) is 0 Å². The second-order valence-electron chi connectivity index (χ2n) is 4.79. The summed E-state index contributed by atoms with van der Waals surface area (Å²) in [6.07, 6.45) is 0. The molecule has 0 saturated heterocycles. The van der Waals surface area contributed by atoms with Gasteiger partial charge in [-0.15, -0.1) is 11.3 Å². The Morgan fingerprint density at radius 2 is 2.00 bits per heavy atom. The Labute approximate surface area is 128 Å². The number of carbonyl (C=O) groups excluding carboxylic acids is 1. The fourth-order valence-electron chi connectivity index (χ4n) is 1.89. The number of aliphatic hydroxyl groups excluding tert-OH is 1. The topological polar surface area (TPSA) is 49.3 Å². The summed E-state index contributed by atoms with van der Waals surface area (Å²) in [7, 11) is 0. The number of rotatable bonds is 2. The average Bonchev–Trinajstić information content (AvgIpc) is 2.79. The van der Waals surface area contributed by atoms with E-state index in [2.05, 4.69) is 17.2 Å². The summed E-state index contributed by atoms with van der Waals surface area (Å²) >= 11 is 1.50. The maximum Gasteiger partial charge on any atom is 0.265 e. The number of benzene rings is 1. The molecule has 0 spiro atoms. The average molecular weight is 299 g/mol. The highest BCUT2D eigenvalue weighted by atomic mass is 32.1. The molecule has 0 bridgehead atoms. The molecule has 3 nitrogen and oxygen atoms in total. The SMILES string of the molecule is Cc1cc(C#CCO)ccc1NC(=O)c1cc(C)c(C)s1. The smallest absolute Gasteiger partial charge is 0.265 e. The molecular weight excluding hydrogens is 282 g/mol. The van der Waals surface area contributed by atoms with Crippen molar-refractivity contribution in [2.75, 3.05) is 11.9 Å². The molecule has 1 heterocycles. The largest absolute Gasteiger partial charge is 0.384 e. The Balaban J connectivity index is 2.18. The predicted octanol–water partition coefficient (Wildman–Crippen LogP) is 3.27. The first-order valence-corrected chi connectivity index (χ1v) is 7.41. The first kappa shape index (κ1) is 15.3. The standard InChI is InChI=1S/C17H17NO2S/c1-11-10-16(21-13(11)3)17(20)18-15-7-6-14(5-4-8-19)9-12(15)2/h6-7,9-10,19H,8H2,1-3H3,(H,18,20). The van der Waals surface area contributed by atoms with Crippen molar-refractivity contribution in [3.05, 3.63) is 50.7 Å². The van der Waals surface area contributed by atoms with Gasteiger partial charge in [0, 0.05) is 16.1 Å². The van der Waals surface area contributed by atoms with Gasteiger partial charge in [0.05, 0.1) is 4.88 Å². The number of hydrogen-bond acceptors (Lipinski definition) is 3. The lowest BCUT2D eigenvalue weighted by atomic mass is 10.1. The van der Waals surface area contributed by atoms with E-state index in [9.17, 15) is 4.79 Å². The number of nitrogens with one attached hydrogen (secondary N) is 1. The number of anilines is 1. The Morgan fingerprint density at radius 1 is 1.24 bits per heavy atom. The monoisotopic (exact) mass is 299 g/mol. The summed E-state index contributed by atoms with van der Waals surface area (Å²) in [5.74, 6) is 5.36. The lowest BCUT2D eigenvalue weighted by molar-refractivity contribution is 0.103. The molecule has 1 aromatic heterocycles. The quantitative estimate of drug-likeness (QED) is 0.836. The maximum atomic E-state index is 12.2. The summed E-state index contributed by atoms with van der Waals surface area (Å²) in [4.78, 5) is 14.1. The van der Waals surface area contributed by atoms with Crippen molar-refractivity contribution >= 4 is 22.9 Å². The summed E-state index contributed by atoms with van der Waals surface area (Å²) in [6, 6.07) is 7.47. The highest BCUT2D eigenvalue weighted by Gasteiger charge is 2.11. The molecule has 2 aromatic rings. The van der Waals surface area contributed by atoms with Gasteiger partial charge in [-0.25, -0.2) is 0 Å². The van der Waals surface area contributed by atoms with Crippen LogP contribution in [0, 0.1) is 32.6 Å². The van der Waals surface area contributed by atoms with Crippen molar-refractivity contribution in [1.29, 1.82) is 0 Å². The molecule has 0 fully saturated rings. The van der Waals surface area contributed by atoms with E-state index >= 15 is 0 Å². The van der Waals surface area contributed by atoms with Crippen LogP contribution in [0.15, 0.2) is 24.3 Å². The van der Waals surface area contributed by atoms with Crippen molar-refractivity contribution in [1.82, 2.24) is 0 Å². The second kappa shape index (κ2) is 6.57. The van der Waals surface area contributed by atoms with Gasteiger partial charge in [0.2, 0.25) is 0 Å². The third kappa shape index (κ3) is 3.72. The third-order valence-electron chi connectivity index (χ3n) is 3.18. The fourth-order valence-corrected chi connectivity index (χ4v) is 2.82. The normalized spacial score (nSPS) is 9.90. The van der Waals surface area contributed by atoms with Crippen molar-refractivity contribution in [2.45, 2.75) is 20.8 Å². The van der Waals surface area contributed by atoms with Gasteiger partial charge in [0.25, 0.3) is 5.91 Å². The maximum absolute atomic E-state index is 12.2. The zero-order chi connectivity index (χ0) is 15.4. The van der Waals surface area contributed by atoms with Gasteiger partial charge in [-0.1, -0.05) is 11.8 Å². The van der Waals surface area contributed by atoms with E-state index in [0.717, 1.165) is 27.3 Å². The zero-order valence-corrected chi connectivity index (χ0v) is 13.1. The number of carbonyl (C=O) groups is 1. The van der Waals surface area contributed by atoms with Crippen molar-refractivity contribution in [3.63, 3.8) is 0 Å². The first-order valence-electron chi connectivity index (χ1n) is 6.60. The van der Waals surface area contributed by atoms with Crippen LogP contribution in [0.3, 0.4) is 0 Å². The summed E-state index contributed by atoms with van der Waals surface area (Å²) < 4.78 is 0. The Morgan fingerprint density at radius 3 is 2.57 bits per heavy atom. The van der Waals surface area contributed by atoms with Crippen LogP contribution in [0.1, 0.15) is 31.2 Å². The zero-order valence-electron chi connectivity index (χ0n) is 12.3. The van der Waals surface area contributed by atoms with Gasteiger partial charge < -0.3 is 10.4 Å². The minimum Gasteiger partial charge on any atom is -0.384 e. The van der Waals surface area contributed by atoms with Gasteiger partial charge >= 0.3 is 0 Å². The van der Waals surface area contributed by atoms with Crippen LogP contribution in [-0.2, 0) is 0 Å². The highest BCUT2D eigenvalue weighted by Crippen LogP contribution is 2.23. The van der Waals surface area contributed by atoms with Crippen LogP contribution in [0.5, 0.6) is 0 Å². The number of aryl methyl sites for hydroxylation is 3. The first-order chi connectivity index (χ1) is 10.0. The molecule has 2 rings (SSSR count). The molecule has 0 atom stereocenters. The molecule has 0 unspecified atom stereocenters. The Kier molecular flexibility index (Phi) is 4.79.